The van der Waals surface area contributed by atoms with Crippen molar-refractivity contribution in [3.63, 3.8) is 0 Å². The molecule has 42 heavy (non-hydrogen) atoms. The number of halogens is 1. The van der Waals surface area contributed by atoms with Crippen LogP contribution < -0.4 is 5.46 Å². The van der Waals surface area contributed by atoms with Crippen LogP contribution in [-0.4, -0.2) is 60.5 Å². The Morgan fingerprint density at radius 2 is 1.79 bits per heavy atom. The number of para-hydroxylation sites is 1. The number of carbonyl (C=O) groups is 1. The van der Waals surface area contributed by atoms with Gasteiger partial charge in [-0.1, -0.05) is 36.4 Å². The highest BCUT2D eigenvalue weighted by atomic mass is 19.1. The summed E-state index contributed by atoms with van der Waals surface area (Å²) in [4.78, 5) is 15.4. The van der Waals surface area contributed by atoms with Crippen LogP contribution in [0, 0.1) is 12.7 Å². The van der Waals surface area contributed by atoms with E-state index in [1.807, 2.05) is 11.0 Å². The van der Waals surface area contributed by atoms with Crippen molar-refractivity contribution in [2.75, 3.05) is 26.8 Å². The van der Waals surface area contributed by atoms with Gasteiger partial charge in [0, 0.05) is 56.8 Å². The first-order valence-corrected chi connectivity index (χ1v) is 15.5. The van der Waals surface area contributed by atoms with Gasteiger partial charge in [0.15, 0.2) is 0 Å². The van der Waals surface area contributed by atoms with Crippen molar-refractivity contribution in [3.05, 3.63) is 65.1 Å². The lowest BCUT2D eigenvalue weighted by atomic mass is 9.78. The second kappa shape index (κ2) is 12.5. The normalized spacial score (nSPS) is 20.0. The van der Waals surface area contributed by atoms with E-state index in [9.17, 15) is 4.79 Å². The maximum Gasteiger partial charge on any atom is 0.494 e. The Morgan fingerprint density at radius 1 is 1.07 bits per heavy atom. The van der Waals surface area contributed by atoms with Crippen molar-refractivity contribution in [2.45, 2.75) is 96.8 Å². The number of amides is 1. The maximum absolute atomic E-state index is 15.0. The number of nitrogens with zero attached hydrogens (tertiary/aromatic N) is 2. The number of benzene rings is 2. The van der Waals surface area contributed by atoms with Crippen LogP contribution in [0.15, 0.2) is 42.5 Å². The van der Waals surface area contributed by atoms with E-state index in [0.29, 0.717) is 31.6 Å². The average molecular weight is 577 g/mol. The lowest BCUT2D eigenvalue weighted by Crippen LogP contribution is -2.41. The van der Waals surface area contributed by atoms with Crippen LogP contribution in [0.3, 0.4) is 0 Å². The standard InChI is InChI=1S/C34H46BFN2O4/c1-24-28-13-8-14-29(36)32(28)38(21-10-22-40-6)31(24)26-12-9-20-37(23-26)30(39)15-7-11-25-16-18-27(19-17-25)35-41-33(2,3)34(4,5)42-35/h8,13-14,16-19,26H,7,9-12,15,20-23H2,1-6H3. The minimum atomic E-state index is -0.364. The molecular weight excluding hydrogens is 530 g/mol. The minimum Gasteiger partial charge on any atom is -0.399 e. The maximum atomic E-state index is 15.0. The van der Waals surface area contributed by atoms with Gasteiger partial charge >= 0.3 is 7.12 Å². The van der Waals surface area contributed by atoms with Gasteiger partial charge in [0.2, 0.25) is 5.91 Å². The molecule has 226 valence electrons. The fourth-order valence-corrected chi connectivity index (χ4v) is 6.53. The third-order valence-corrected chi connectivity index (χ3v) is 9.59. The van der Waals surface area contributed by atoms with Crippen molar-refractivity contribution >= 4 is 29.4 Å². The molecule has 0 aliphatic carbocycles. The number of aryl methyl sites for hydroxylation is 3. The van der Waals surface area contributed by atoms with Gasteiger partial charge in [-0.15, -0.1) is 0 Å². The summed E-state index contributed by atoms with van der Waals surface area (Å²) in [5.41, 5.74) is 4.48. The Balaban J connectivity index is 1.20. The molecule has 8 heteroatoms. The summed E-state index contributed by atoms with van der Waals surface area (Å²) in [6, 6.07) is 13.7. The molecule has 0 N–H and O–H groups in total. The van der Waals surface area contributed by atoms with Crippen LogP contribution in [0.5, 0.6) is 0 Å². The van der Waals surface area contributed by atoms with Crippen LogP contribution in [0.2, 0.25) is 0 Å². The predicted octanol–water partition coefficient (Wildman–Crippen LogP) is 6.15. The van der Waals surface area contributed by atoms with Crippen molar-refractivity contribution in [2.24, 2.45) is 0 Å². The Morgan fingerprint density at radius 3 is 2.48 bits per heavy atom. The van der Waals surface area contributed by atoms with Gasteiger partial charge < -0.3 is 23.5 Å². The molecule has 1 atom stereocenters. The average Bonchev–Trinajstić information content (AvgIpc) is 3.37. The number of ether oxygens (including phenoxy) is 1. The van der Waals surface area contributed by atoms with Gasteiger partial charge in [-0.25, -0.2) is 4.39 Å². The zero-order chi connectivity index (χ0) is 30.1. The third-order valence-electron chi connectivity index (χ3n) is 9.59. The Hall–Kier alpha value is -2.68. The summed E-state index contributed by atoms with van der Waals surface area (Å²) in [6.45, 7) is 13.1. The van der Waals surface area contributed by atoms with E-state index >= 15 is 4.39 Å². The summed E-state index contributed by atoms with van der Waals surface area (Å²) >= 11 is 0. The van der Waals surface area contributed by atoms with Gasteiger partial charge in [-0.2, -0.15) is 0 Å². The first kappa shape index (κ1) is 30.8. The monoisotopic (exact) mass is 576 g/mol. The van der Waals surface area contributed by atoms with E-state index in [1.165, 1.54) is 11.3 Å². The molecule has 5 rings (SSSR count). The third kappa shape index (κ3) is 6.17. The number of fused-ring (bicyclic) bond motifs is 1. The van der Waals surface area contributed by atoms with Crippen LogP contribution in [0.25, 0.3) is 10.9 Å². The molecule has 1 unspecified atom stereocenters. The molecule has 3 aromatic rings. The van der Waals surface area contributed by atoms with Crippen LogP contribution in [0.1, 0.15) is 82.5 Å². The summed E-state index contributed by atoms with van der Waals surface area (Å²) in [5, 5.41) is 0.968. The molecule has 0 radical (unpaired) electrons. The Bertz CT molecular complexity index is 1380. The Labute approximate surface area is 250 Å². The van der Waals surface area contributed by atoms with Gasteiger partial charge in [-0.3, -0.25) is 4.79 Å². The second-order valence-corrected chi connectivity index (χ2v) is 13.0. The van der Waals surface area contributed by atoms with Crippen LogP contribution >= 0.6 is 0 Å². The molecule has 6 nitrogen and oxygen atoms in total. The minimum absolute atomic E-state index is 0.188. The molecule has 2 aromatic carbocycles. The van der Waals surface area contributed by atoms with Gasteiger partial charge in [-0.05, 0) is 89.4 Å². The lowest BCUT2D eigenvalue weighted by Gasteiger charge is -2.34. The highest BCUT2D eigenvalue weighted by Crippen LogP contribution is 2.38. The fraction of sp³-hybridized carbons (Fsp3) is 0.559. The molecule has 1 aromatic heterocycles. The van der Waals surface area contributed by atoms with Crippen molar-refractivity contribution in [1.29, 1.82) is 0 Å². The highest BCUT2D eigenvalue weighted by Gasteiger charge is 2.51. The van der Waals surface area contributed by atoms with E-state index < -0.39 is 0 Å². The zero-order valence-electron chi connectivity index (χ0n) is 26.2. The quantitative estimate of drug-likeness (QED) is 0.215. The van der Waals surface area contributed by atoms with Gasteiger partial charge in [0.25, 0.3) is 0 Å². The SMILES string of the molecule is COCCCn1c(C2CCCN(C(=O)CCCc3ccc(B4OC(C)(C)C(C)(C)O4)cc3)C2)c(C)c2cccc(F)c21. The molecule has 0 saturated carbocycles. The first-order valence-electron chi connectivity index (χ1n) is 15.5. The summed E-state index contributed by atoms with van der Waals surface area (Å²) in [6.07, 6.45) is 4.95. The van der Waals surface area contributed by atoms with E-state index in [-0.39, 0.29) is 36.0 Å². The molecule has 1 amide bonds. The van der Waals surface area contributed by atoms with E-state index in [4.69, 9.17) is 14.0 Å². The van der Waals surface area contributed by atoms with Crippen LogP contribution in [0.4, 0.5) is 4.39 Å². The zero-order valence-corrected chi connectivity index (χ0v) is 26.2. The first-order chi connectivity index (χ1) is 20.0. The van der Waals surface area contributed by atoms with E-state index in [0.717, 1.165) is 55.1 Å². The number of likely N-dealkylation sites (tertiary alicyclic amines) is 1. The number of piperidine rings is 1. The highest BCUT2D eigenvalue weighted by molar-refractivity contribution is 6.62. The molecule has 2 aliphatic rings. The van der Waals surface area contributed by atoms with Crippen molar-refractivity contribution in [1.82, 2.24) is 9.47 Å². The number of methoxy groups -OCH3 is 1. The number of hydrogen-bond acceptors (Lipinski definition) is 4. The predicted molar refractivity (Wildman–Crippen MR) is 167 cm³/mol. The summed E-state index contributed by atoms with van der Waals surface area (Å²) < 4.78 is 34.8. The number of carbonyl (C=O) groups excluding carboxylic acids is 1. The largest absolute Gasteiger partial charge is 0.494 e. The molecule has 2 saturated heterocycles. The second-order valence-electron chi connectivity index (χ2n) is 13.0. The van der Waals surface area contributed by atoms with Crippen molar-refractivity contribution < 1.29 is 23.2 Å². The molecule has 0 spiro atoms. The molecule has 0 bridgehead atoms. The van der Waals surface area contributed by atoms with Crippen LogP contribution in [-0.2, 0) is 31.8 Å². The molecular formula is C34H46BFN2O4. The number of aromatic nitrogens is 1. The number of rotatable bonds is 10. The topological polar surface area (TPSA) is 52.9 Å². The fourth-order valence-electron chi connectivity index (χ4n) is 6.53. The number of hydrogen-bond donors (Lipinski definition) is 0. The lowest BCUT2D eigenvalue weighted by molar-refractivity contribution is -0.132. The summed E-state index contributed by atoms with van der Waals surface area (Å²) in [5.74, 6) is 0.214. The van der Waals surface area contributed by atoms with Gasteiger partial charge in [0.05, 0.1) is 16.7 Å². The Kier molecular flexibility index (Phi) is 9.17. The molecule has 2 fully saturated rings. The van der Waals surface area contributed by atoms with Gasteiger partial charge in [0.1, 0.15) is 5.82 Å². The molecule has 2 aliphatic heterocycles. The van der Waals surface area contributed by atoms with Crippen molar-refractivity contribution in [3.8, 4) is 0 Å². The molecule has 3 heterocycles. The van der Waals surface area contributed by atoms with E-state index in [2.05, 4.69) is 63.5 Å². The van der Waals surface area contributed by atoms with E-state index in [1.54, 1.807) is 19.2 Å². The smallest absolute Gasteiger partial charge is 0.399 e. The summed E-state index contributed by atoms with van der Waals surface area (Å²) in [7, 11) is 1.33.